The maximum atomic E-state index is 12.7. The number of nitrogens with zero attached hydrogens (tertiary/aromatic N) is 3. The number of hydrogen-bond donors (Lipinski definition) is 1. The van der Waals surface area contributed by atoms with Crippen LogP contribution in [0.5, 0.6) is 0 Å². The first kappa shape index (κ1) is 21.6. The van der Waals surface area contributed by atoms with Crippen LogP contribution in [0.4, 0.5) is 10.5 Å². The van der Waals surface area contributed by atoms with Gasteiger partial charge in [0.15, 0.2) is 5.78 Å². The Kier molecular flexibility index (Phi) is 7.50. The van der Waals surface area contributed by atoms with Crippen LogP contribution in [0.25, 0.3) is 0 Å². The smallest absolute Gasteiger partial charge is 0.317 e. The van der Waals surface area contributed by atoms with E-state index in [1.54, 1.807) is 6.92 Å². The molecule has 0 saturated carbocycles. The van der Waals surface area contributed by atoms with Crippen LogP contribution in [-0.2, 0) is 4.74 Å². The standard InChI is InChI=1S/C22H34N4O3/c1-17(2)21(25-12-14-29-15-13-25)16-23-22(28)26-10-8-24(9-11-26)20-6-4-19(5-7-20)18(3)27/h4-7,17,21H,8-16H2,1-3H3,(H,23,28)/t21-/m0/s1. The molecule has 3 rings (SSSR count). The van der Waals surface area contributed by atoms with Crippen LogP contribution in [0.2, 0.25) is 0 Å². The number of urea groups is 1. The number of anilines is 1. The summed E-state index contributed by atoms with van der Waals surface area (Å²) in [6.45, 7) is 13.1. The molecule has 160 valence electrons. The molecule has 1 atom stereocenters. The van der Waals surface area contributed by atoms with Gasteiger partial charge in [-0.25, -0.2) is 4.79 Å². The molecule has 2 saturated heterocycles. The quantitative estimate of drug-likeness (QED) is 0.738. The molecule has 0 aliphatic carbocycles. The number of carbonyl (C=O) groups excluding carboxylic acids is 2. The zero-order valence-corrected chi connectivity index (χ0v) is 17.9. The SMILES string of the molecule is CC(=O)c1ccc(N2CCN(C(=O)NC[C@@H](C(C)C)N3CCOCC3)CC2)cc1. The van der Waals surface area contributed by atoms with E-state index in [0.29, 0.717) is 31.6 Å². The second kappa shape index (κ2) is 10.1. The Morgan fingerprint density at radius 2 is 1.62 bits per heavy atom. The lowest BCUT2D eigenvalue weighted by atomic mass is 10.0. The number of ketones is 1. The number of hydrogen-bond acceptors (Lipinski definition) is 5. The van der Waals surface area contributed by atoms with E-state index < -0.39 is 0 Å². The largest absolute Gasteiger partial charge is 0.379 e. The normalized spacial score (nSPS) is 19.3. The molecule has 0 spiro atoms. The van der Waals surface area contributed by atoms with Crippen molar-refractivity contribution in [3.05, 3.63) is 29.8 Å². The zero-order chi connectivity index (χ0) is 20.8. The number of carbonyl (C=O) groups is 2. The Hall–Kier alpha value is -2.12. The fourth-order valence-electron chi connectivity index (χ4n) is 4.07. The van der Waals surface area contributed by atoms with Gasteiger partial charge in [0.25, 0.3) is 0 Å². The number of piperazine rings is 1. The molecule has 2 aliphatic heterocycles. The van der Waals surface area contributed by atoms with Crippen molar-refractivity contribution in [3.8, 4) is 0 Å². The third kappa shape index (κ3) is 5.70. The number of amides is 2. The molecule has 2 aliphatic rings. The lowest BCUT2D eigenvalue weighted by Crippen LogP contribution is -2.55. The van der Waals surface area contributed by atoms with Crippen LogP contribution in [0.15, 0.2) is 24.3 Å². The molecule has 1 aromatic rings. The van der Waals surface area contributed by atoms with Crippen LogP contribution in [0.1, 0.15) is 31.1 Å². The van der Waals surface area contributed by atoms with Gasteiger partial charge >= 0.3 is 6.03 Å². The van der Waals surface area contributed by atoms with E-state index in [1.165, 1.54) is 0 Å². The molecule has 2 amide bonds. The van der Waals surface area contributed by atoms with Crippen LogP contribution in [0, 0.1) is 5.92 Å². The molecule has 0 bridgehead atoms. The third-order valence-electron chi connectivity index (χ3n) is 5.95. The van der Waals surface area contributed by atoms with Crippen molar-refractivity contribution in [3.63, 3.8) is 0 Å². The predicted molar refractivity (Wildman–Crippen MR) is 115 cm³/mol. The Bertz CT molecular complexity index is 678. The van der Waals surface area contributed by atoms with E-state index in [-0.39, 0.29) is 11.8 Å². The first-order valence-electron chi connectivity index (χ1n) is 10.7. The summed E-state index contributed by atoms with van der Waals surface area (Å²) in [6, 6.07) is 8.08. The number of benzene rings is 1. The first-order chi connectivity index (χ1) is 14.0. The molecule has 2 fully saturated rings. The van der Waals surface area contributed by atoms with E-state index in [0.717, 1.165) is 50.6 Å². The van der Waals surface area contributed by atoms with Crippen molar-refractivity contribution in [2.45, 2.75) is 26.8 Å². The van der Waals surface area contributed by atoms with Crippen molar-refractivity contribution in [1.82, 2.24) is 15.1 Å². The van der Waals surface area contributed by atoms with Gasteiger partial charge < -0.3 is 19.9 Å². The topological polar surface area (TPSA) is 65.1 Å². The molecule has 7 heteroatoms. The minimum atomic E-state index is 0.0236. The van der Waals surface area contributed by atoms with Crippen molar-refractivity contribution >= 4 is 17.5 Å². The summed E-state index contributed by atoms with van der Waals surface area (Å²) >= 11 is 0. The maximum absolute atomic E-state index is 12.7. The maximum Gasteiger partial charge on any atom is 0.317 e. The van der Waals surface area contributed by atoms with E-state index in [1.807, 2.05) is 29.2 Å². The Morgan fingerprint density at radius 1 is 1.00 bits per heavy atom. The van der Waals surface area contributed by atoms with Crippen molar-refractivity contribution in [2.24, 2.45) is 5.92 Å². The molecule has 1 N–H and O–H groups in total. The van der Waals surface area contributed by atoms with E-state index in [9.17, 15) is 9.59 Å². The van der Waals surface area contributed by atoms with E-state index >= 15 is 0 Å². The molecule has 0 unspecified atom stereocenters. The lowest BCUT2D eigenvalue weighted by Gasteiger charge is -2.38. The highest BCUT2D eigenvalue weighted by Crippen LogP contribution is 2.18. The van der Waals surface area contributed by atoms with Gasteiger partial charge in [-0.2, -0.15) is 0 Å². The molecule has 0 radical (unpaired) electrons. The van der Waals surface area contributed by atoms with Crippen LogP contribution in [-0.4, -0.2) is 86.7 Å². The van der Waals surface area contributed by atoms with Gasteiger partial charge in [0.1, 0.15) is 0 Å². The summed E-state index contributed by atoms with van der Waals surface area (Å²) in [4.78, 5) is 30.7. The monoisotopic (exact) mass is 402 g/mol. The zero-order valence-electron chi connectivity index (χ0n) is 17.9. The number of rotatable bonds is 6. The summed E-state index contributed by atoms with van der Waals surface area (Å²) in [7, 11) is 0. The highest BCUT2D eigenvalue weighted by atomic mass is 16.5. The fraction of sp³-hybridized carbons (Fsp3) is 0.636. The van der Waals surface area contributed by atoms with Gasteiger partial charge in [-0.05, 0) is 37.1 Å². The summed E-state index contributed by atoms with van der Waals surface area (Å²) in [5, 5.41) is 3.15. The second-order valence-electron chi connectivity index (χ2n) is 8.22. The third-order valence-corrected chi connectivity index (χ3v) is 5.95. The number of Topliss-reactive ketones (excluding diaryl/α,β-unsaturated/α-hetero) is 1. The van der Waals surface area contributed by atoms with Gasteiger partial charge in [-0.15, -0.1) is 0 Å². The van der Waals surface area contributed by atoms with Crippen molar-refractivity contribution in [2.75, 3.05) is 63.9 Å². The molecule has 29 heavy (non-hydrogen) atoms. The highest BCUT2D eigenvalue weighted by molar-refractivity contribution is 5.94. The minimum Gasteiger partial charge on any atom is -0.379 e. The average molecular weight is 403 g/mol. The Balaban J connectivity index is 1.47. The summed E-state index contributed by atoms with van der Waals surface area (Å²) in [6.07, 6.45) is 0. The van der Waals surface area contributed by atoms with Gasteiger partial charge in [-0.3, -0.25) is 9.69 Å². The van der Waals surface area contributed by atoms with Crippen LogP contribution >= 0.6 is 0 Å². The number of morpholine rings is 1. The number of nitrogens with one attached hydrogen (secondary N) is 1. The molecule has 2 heterocycles. The molecule has 0 aromatic heterocycles. The fourth-order valence-corrected chi connectivity index (χ4v) is 4.07. The molecule has 7 nitrogen and oxygen atoms in total. The predicted octanol–water partition coefficient (Wildman–Crippen LogP) is 2.08. The summed E-state index contributed by atoms with van der Waals surface area (Å²) in [5.41, 5.74) is 1.83. The van der Waals surface area contributed by atoms with Crippen LogP contribution < -0.4 is 10.2 Å². The molecular weight excluding hydrogens is 368 g/mol. The Labute approximate surface area is 174 Å². The molecule has 1 aromatic carbocycles. The first-order valence-corrected chi connectivity index (χ1v) is 10.7. The van der Waals surface area contributed by atoms with Gasteiger partial charge in [0.2, 0.25) is 0 Å². The second-order valence-corrected chi connectivity index (χ2v) is 8.22. The summed E-state index contributed by atoms with van der Waals surface area (Å²) < 4.78 is 5.46. The summed E-state index contributed by atoms with van der Waals surface area (Å²) in [5.74, 6) is 0.554. The van der Waals surface area contributed by atoms with Gasteiger partial charge in [-0.1, -0.05) is 13.8 Å². The van der Waals surface area contributed by atoms with Crippen LogP contribution in [0.3, 0.4) is 0 Å². The van der Waals surface area contributed by atoms with Gasteiger partial charge in [0, 0.05) is 63.1 Å². The minimum absolute atomic E-state index is 0.0236. The lowest BCUT2D eigenvalue weighted by molar-refractivity contribution is 0.00693. The van der Waals surface area contributed by atoms with Crippen molar-refractivity contribution < 1.29 is 14.3 Å². The van der Waals surface area contributed by atoms with Gasteiger partial charge in [0.05, 0.1) is 13.2 Å². The average Bonchev–Trinajstić information content (AvgIpc) is 2.74. The van der Waals surface area contributed by atoms with E-state index in [2.05, 4.69) is 29.0 Å². The highest BCUT2D eigenvalue weighted by Gasteiger charge is 2.26. The molecular formula is C22H34N4O3. The Morgan fingerprint density at radius 3 is 2.17 bits per heavy atom. The van der Waals surface area contributed by atoms with Crippen molar-refractivity contribution in [1.29, 1.82) is 0 Å². The van der Waals surface area contributed by atoms with E-state index in [4.69, 9.17) is 4.74 Å². The number of ether oxygens (including phenoxy) is 1.